The van der Waals surface area contributed by atoms with Gasteiger partial charge in [-0.15, -0.1) is 0 Å². The summed E-state index contributed by atoms with van der Waals surface area (Å²) >= 11 is 6.07. The van der Waals surface area contributed by atoms with Gasteiger partial charge in [0.15, 0.2) is 0 Å². The number of nitrogens with zero attached hydrogens (tertiary/aromatic N) is 3. The van der Waals surface area contributed by atoms with E-state index in [0.717, 1.165) is 72.5 Å². The van der Waals surface area contributed by atoms with Gasteiger partial charge in [0.1, 0.15) is 0 Å². The summed E-state index contributed by atoms with van der Waals surface area (Å²) < 4.78 is 12.8. The number of hydrogen-bond acceptors (Lipinski definition) is 5. The number of ether oxygens (including phenoxy) is 2. The quantitative estimate of drug-likeness (QED) is 0.361. The lowest BCUT2D eigenvalue weighted by molar-refractivity contribution is 0.0365. The lowest BCUT2D eigenvalue weighted by Gasteiger charge is -2.26. The Balaban J connectivity index is 1.59. The lowest BCUT2D eigenvalue weighted by Crippen LogP contribution is -2.38. The number of rotatable bonds is 6. The molecule has 3 heterocycles. The van der Waals surface area contributed by atoms with E-state index in [4.69, 9.17) is 21.1 Å². The number of pyridine rings is 1. The Morgan fingerprint density at radius 2 is 1.79 bits per heavy atom. The van der Waals surface area contributed by atoms with Crippen LogP contribution in [-0.4, -0.2) is 60.4 Å². The second kappa shape index (κ2) is 9.97. The molecule has 0 amide bonds. The van der Waals surface area contributed by atoms with Gasteiger partial charge in [0, 0.05) is 77.4 Å². The Morgan fingerprint density at radius 1 is 1.03 bits per heavy atom. The third-order valence-electron chi connectivity index (χ3n) is 6.30. The number of halogens is 1. The van der Waals surface area contributed by atoms with Gasteiger partial charge in [-0.3, -0.25) is 9.88 Å². The van der Waals surface area contributed by atoms with Crippen molar-refractivity contribution in [3.63, 3.8) is 0 Å². The molecule has 7 heteroatoms. The number of esters is 1. The average Bonchev–Trinajstić information content (AvgIpc) is 3.27. The van der Waals surface area contributed by atoms with Crippen LogP contribution in [0.1, 0.15) is 10.4 Å². The summed E-state index contributed by atoms with van der Waals surface area (Å²) in [5, 5.41) is 1.57. The molecule has 1 aliphatic heterocycles. The first-order valence-corrected chi connectivity index (χ1v) is 11.7. The van der Waals surface area contributed by atoms with Gasteiger partial charge in [0.25, 0.3) is 0 Å². The molecule has 0 N–H and O–H groups in total. The van der Waals surface area contributed by atoms with Crippen molar-refractivity contribution in [2.75, 3.05) is 40.0 Å². The average molecular weight is 476 g/mol. The Labute approximate surface area is 203 Å². The van der Waals surface area contributed by atoms with Crippen LogP contribution in [0, 0.1) is 0 Å². The standard InChI is InChI=1S/C27H26ClN3O3/c1-33-27(32)23-3-2-4-25-26(23)24(18-31(25)10-9-30-11-13-34-14-12-30)21-15-20(16-29-17-21)19-5-7-22(28)8-6-19/h2-8,15-18H,9-14H2,1H3. The van der Waals surface area contributed by atoms with Gasteiger partial charge >= 0.3 is 5.97 Å². The predicted octanol–water partition coefficient (Wildman–Crippen LogP) is 5.14. The van der Waals surface area contributed by atoms with Gasteiger partial charge in [-0.2, -0.15) is 0 Å². The third-order valence-corrected chi connectivity index (χ3v) is 6.55. The number of hydrogen-bond donors (Lipinski definition) is 0. The van der Waals surface area contributed by atoms with Crippen LogP contribution in [0.25, 0.3) is 33.2 Å². The monoisotopic (exact) mass is 475 g/mol. The van der Waals surface area contributed by atoms with Crippen molar-refractivity contribution < 1.29 is 14.3 Å². The fraction of sp³-hybridized carbons (Fsp3) is 0.259. The number of methoxy groups -OCH3 is 1. The van der Waals surface area contributed by atoms with Gasteiger partial charge in [0.2, 0.25) is 0 Å². The zero-order valence-corrected chi connectivity index (χ0v) is 19.8. The predicted molar refractivity (Wildman–Crippen MR) is 134 cm³/mol. The van der Waals surface area contributed by atoms with Crippen LogP contribution in [-0.2, 0) is 16.0 Å². The highest BCUT2D eigenvalue weighted by Crippen LogP contribution is 2.35. The van der Waals surface area contributed by atoms with Crippen molar-refractivity contribution in [1.82, 2.24) is 14.5 Å². The molecule has 0 radical (unpaired) electrons. The van der Waals surface area contributed by atoms with Gasteiger partial charge < -0.3 is 14.0 Å². The van der Waals surface area contributed by atoms with Gasteiger partial charge in [0.05, 0.1) is 25.9 Å². The van der Waals surface area contributed by atoms with Crippen LogP contribution in [0.2, 0.25) is 5.02 Å². The second-order valence-electron chi connectivity index (χ2n) is 8.35. The molecular formula is C27H26ClN3O3. The van der Waals surface area contributed by atoms with Crippen molar-refractivity contribution in [3.05, 3.63) is 77.7 Å². The summed E-state index contributed by atoms with van der Waals surface area (Å²) in [4.78, 5) is 19.6. The van der Waals surface area contributed by atoms with E-state index in [0.29, 0.717) is 10.6 Å². The molecule has 0 spiro atoms. The Hall–Kier alpha value is -3.19. The van der Waals surface area contributed by atoms with Crippen molar-refractivity contribution in [2.24, 2.45) is 0 Å². The molecule has 4 aromatic rings. The molecule has 5 rings (SSSR count). The van der Waals surface area contributed by atoms with E-state index in [1.54, 1.807) is 0 Å². The van der Waals surface area contributed by atoms with E-state index in [2.05, 4.69) is 32.8 Å². The van der Waals surface area contributed by atoms with Crippen LogP contribution in [0.15, 0.2) is 67.1 Å². The SMILES string of the molecule is COC(=O)c1cccc2c1c(-c1cncc(-c3ccc(Cl)cc3)c1)cn2CCN1CCOCC1. The zero-order chi connectivity index (χ0) is 23.5. The molecule has 1 saturated heterocycles. The number of aromatic nitrogens is 2. The Kier molecular flexibility index (Phi) is 6.63. The number of carbonyl (C=O) groups excluding carboxylic acids is 1. The largest absolute Gasteiger partial charge is 0.465 e. The molecule has 0 unspecified atom stereocenters. The van der Waals surface area contributed by atoms with Gasteiger partial charge in [-0.05, 0) is 35.9 Å². The van der Waals surface area contributed by atoms with Crippen LogP contribution in [0.3, 0.4) is 0 Å². The maximum absolute atomic E-state index is 12.7. The first-order chi connectivity index (χ1) is 16.6. The minimum Gasteiger partial charge on any atom is -0.465 e. The van der Waals surface area contributed by atoms with E-state index >= 15 is 0 Å². The normalized spacial score (nSPS) is 14.4. The van der Waals surface area contributed by atoms with E-state index in [1.165, 1.54) is 7.11 Å². The summed E-state index contributed by atoms with van der Waals surface area (Å²) in [6.07, 6.45) is 5.81. The first kappa shape index (κ1) is 22.6. The Morgan fingerprint density at radius 3 is 2.56 bits per heavy atom. The summed E-state index contributed by atoms with van der Waals surface area (Å²) in [5.74, 6) is -0.348. The molecule has 0 aliphatic carbocycles. The fourth-order valence-electron chi connectivity index (χ4n) is 4.50. The van der Waals surface area contributed by atoms with E-state index in [-0.39, 0.29) is 5.97 Å². The highest BCUT2D eigenvalue weighted by atomic mass is 35.5. The Bertz CT molecular complexity index is 1310. The van der Waals surface area contributed by atoms with Crippen molar-refractivity contribution >= 4 is 28.5 Å². The number of benzene rings is 2. The molecule has 2 aromatic heterocycles. The molecule has 34 heavy (non-hydrogen) atoms. The second-order valence-corrected chi connectivity index (χ2v) is 8.79. The van der Waals surface area contributed by atoms with Crippen LogP contribution < -0.4 is 0 Å². The summed E-state index contributed by atoms with van der Waals surface area (Å²) in [5.41, 5.74) is 5.47. The van der Waals surface area contributed by atoms with Crippen molar-refractivity contribution in [1.29, 1.82) is 0 Å². The smallest absolute Gasteiger partial charge is 0.338 e. The fourth-order valence-corrected chi connectivity index (χ4v) is 4.62. The highest BCUT2D eigenvalue weighted by Gasteiger charge is 2.20. The van der Waals surface area contributed by atoms with Gasteiger partial charge in [-0.25, -0.2) is 4.79 Å². The molecule has 1 fully saturated rings. The zero-order valence-electron chi connectivity index (χ0n) is 19.0. The topological polar surface area (TPSA) is 56.6 Å². The summed E-state index contributed by atoms with van der Waals surface area (Å²) in [6.45, 7) is 5.14. The summed E-state index contributed by atoms with van der Waals surface area (Å²) in [6, 6.07) is 15.6. The maximum atomic E-state index is 12.7. The molecule has 0 saturated carbocycles. The maximum Gasteiger partial charge on any atom is 0.338 e. The molecule has 1 aliphatic rings. The molecule has 6 nitrogen and oxygen atoms in total. The van der Waals surface area contributed by atoms with Crippen LogP contribution in [0.5, 0.6) is 0 Å². The van der Waals surface area contributed by atoms with Crippen molar-refractivity contribution in [2.45, 2.75) is 6.54 Å². The lowest BCUT2D eigenvalue weighted by atomic mass is 9.99. The molecule has 0 atom stereocenters. The van der Waals surface area contributed by atoms with E-state index in [9.17, 15) is 4.79 Å². The van der Waals surface area contributed by atoms with Crippen LogP contribution in [0.4, 0.5) is 0 Å². The van der Waals surface area contributed by atoms with Crippen LogP contribution >= 0.6 is 11.6 Å². The minimum atomic E-state index is -0.348. The van der Waals surface area contributed by atoms with E-state index < -0.39 is 0 Å². The summed E-state index contributed by atoms with van der Waals surface area (Å²) in [7, 11) is 1.42. The number of carbonyl (C=O) groups is 1. The first-order valence-electron chi connectivity index (χ1n) is 11.4. The number of fused-ring (bicyclic) bond motifs is 1. The van der Waals surface area contributed by atoms with Gasteiger partial charge in [-0.1, -0.05) is 29.8 Å². The number of morpholine rings is 1. The van der Waals surface area contributed by atoms with Crippen molar-refractivity contribution in [3.8, 4) is 22.3 Å². The molecule has 174 valence electrons. The molecular weight excluding hydrogens is 450 g/mol. The highest BCUT2D eigenvalue weighted by molar-refractivity contribution is 6.30. The third kappa shape index (κ3) is 4.57. The minimum absolute atomic E-state index is 0.348. The molecule has 2 aromatic carbocycles. The van der Waals surface area contributed by atoms with E-state index in [1.807, 2.05) is 48.8 Å². The molecule has 0 bridgehead atoms.